The first-order valence-corrected chi connectivity index (χ1v) is 7.42. The van der Waals surface area contributed by atoms with Crippen LogP contribution in [0.2, 0.25) is 0 Å². The number of aryl methyl sites for hydroxylation is 1. The Morgan fingerprint density at radius 1 is 1.28 bits per heavy atom. The summed E-state index contributed by atoms with van der Waals surface area (Å²) in [5.41, 5.74) is 3.02. The maximum absolute atomic E-state index is 3.61. The van der Waals surface area contributed by atoms with Crippen molar-refractivity contribution in [2.75, 3.05) is 18.0 Å². The largest absolute Gasteiger partial charge is 0.369 e. The molecule has 2 aliphatic rings. The Hall–Kier alpha value is -1.02. The van der Waals surface area contributed by atoms with Crippen LogP contribution in [-0.4, -0.2) is 25.2 Å². The van der Waals surface area contributed by atoms with Gasteiger partial charge in [0.2, 0.25) is 0 Å². The van der Waals surface area contributed by atoms with Gasteiger partial charge in [0.05, 0.1) is 0 Å². The number of fused-ring (bicyclic) bond motifs is 1. The summed E-state index contributed by atoms with van der Waals surface area (Å²) in [6, 6.07) is 10.4. The molecule has 1 saturated heterocycles. The Morgan fingerprint density at radius 2 is 2.17 bits per heavy atom. The highest BCUT2D eigenvalue weighted by Crippen LogP contribution is 2.30. The predicted molar refractivity (Wildman–Crippen MR) is 77.2 cm³/mol. The molecule has 98 valence electrons. The van der Waals surface area contributed by atoms with Gasteiger partial charge in [0.25, 0.3) is 0 Å². The molecule has 0 saturated carbocycles. The molecule has 18 heavy (non-hydrogen) atoms. The molecule has 2 heteroatoms. The Balaban J connectivity index is 1.69. The number of rotatable bonds is 3. The summed E-state index contributed by atoms with van der Waals surface area (Å²) >= 11 is 0. The number of benzene rings is 1. The summed E-state index contributed by atoms with van der Waals surface area (Å²) in [6.45, 7) is 4.80. The number of nitrogens with zero attached hydrogens (tertiary/aromatic N) is 1. The third-order valence-electron chi connectivity index (χ3n) is 4.55. The monoisotopic (exact) mass is 244 g/mol. The SMILES string of the molecule is CC1CCc2ccccc2N1CCC1CCCN1. The van der Waals surface area contributed by atoms with Crippen LogP contribution < -0.4 is 10.2 Å². The number of hydrogen-bond donors (Lipinski definition) is 1. The van der Waals surface area contributed by atoms with Gasteiger partial charge in [0.1, 0.15) is 0 Å². The minimum absolute atomic E-state index is 0.696. The first kappa shape index (κ1) is 12.0. The minimum Gasteiger partial charge on any atom is -0.369 e. The van der Waals surface area contributed by atoms with Crippen LogP contribution in [0.5, 0.6) is 0 Å². The van der Waals surface area contributed by atoms with Crippen molar-refractivity contribution >= 4 is 5.69 Å². The Morgan fingerprint density at radius 3 is 3.00 bits per heavy atom. The Bertz CT molecular complexity index is 396. The number of nitrogens with one attached hydrogen (secondary N) is 1. The van der Waals surface area contributed by atoms with Gasteiger partial charge in [-0.15, -0.1) is 0 Å². The van der Waals surface area contributed by atoms with Gasteiger partial charge in [0.15, 0.2) is 0 Å². The van der Waals surface area contributed by atoms with Crippen molar-refractivity contribution in [2.24, 2.45) is 0 Å². The van der Waals surface area contributed by atoms with Crippen LogP contribution in [0.1, 0.15) is 38.2 Å². The maximum atomic E-state index is 3.61. The highest BCUT2D eigenvalue weighted by Gasteiger charge is 2.23. The van der Waals surface area contributed by atoms with Crippen LogP contribution in [0.3, 0.4) is 0 Å². The van der Waals surface area contributed by atoms with Crippen molar-refractivity contribution in [3.05, 3.63) is 29.8 Å². The van der Waals surface area contributed by atoms with Crippen LogP contribution in [0.15, 0.2) is 24.3 Å². The van der Waals surface area contributed by atoms with Crippen LogP contribution >= 0.6 is 0 Å². The Kier molecular flexibility index (Phi) is 3.55. The quantitative estimate of drug-likeness (QED) is 0.879. The van der Waals surface area contributed by atoms with E-state index in [1.54, 1.807) is 0 Å². The maximum Gasteiger partial charge on any atom is 0.0401 e. The molecule has 0 aromatic heterocycles. The normalized spacial score (nSPS) is 27.3. The lowest BCUT2D eigenvalue weighted by Gasteiger charge is -2.37. The zero-order valence-electron chi connectivity index (χ0n) is 11.4. The molecular weight excluding hydrogens is 220 g/mol. The number of para-hydroxylation sites is 1. The highest BCUT2D eigenvalue weighted by atomic mass is 15.2. The molecule has 0 bridgehead atoms. The third kappa shape index (κ3) is 2.39. The van der Waals surface area contributed by atoms with Gasteiger partial charge in [0, 0.05) is 24.3 Å². The standard InChI is InChI=1S/C16H24N2/c1-13-8-9-14-5-2-3-7-16(14)18(13)12-10-15-6-4-11-17-15/h2-3,5,7,13,15,17H,4,6,8-12H2,1H3. The zero-order chi connectivity index (χ0) is 12.4. The Labute approximate surface area is 110 Å². The topological polar surface area (TPSA) is 15.3 Å². The van der Waals surface area contributed by atoms with E-state index in [0.29, 0.717) is 6.04 Å². The van der Waals surface area contributed by atoms with Crippen molar-refractivity contribution in [3.63, 3.8) is 0 Å². The molecule has 2 aliphatic heterocycles. The molecule has 0 spiro atoms. The lowest BCUT2D eigenvalue weighted by molar-refractivity contribution is 0.503. The van der Waals surface area contributed by atoms with E-state index in [0.717, 1.165) is 6.04 Å². The second-order valence-corrected chi connectivity index (χ2v) is 5.79. The summed E-state index contributed by atoms with van der Waals surface area (Å²) < 4.78 is 0. The third-order valence-corrected chi connectivity index (χ3v) is 4.55. The van der Waals surface area contributed by atoms with Crippen molar-refractivity contribution < 1.29 is 0 Å². The molecule has 2 heterocycles. The molecule has 0 aliphatic carbocycles. The fraction of sp³-hybridized carbons (Fsp3) is 0.625. The van der Waals surface area contributed by atoms with Gasteiger partial charge in [-0.05, 0) is 57.2 Å². The molecule has 1 fully saturated rings. The lowest BCUT2D eigenvalue weighted by Crippen LogP contribution is -2.40. The fourth-order valence-corrected chi connectivity index (χ4v) is 3.40. The van der Waals surface area contributed by atoms with E-state index < -0.39 is 0 Å². The van der Waals surface area contributed by atoms with E-state index >= 15 is 0 Å². The van der Waals surface area contributed by atoms with Gasteiger partial charge in [-0.3, -0.25) is 0 Å². The van der Waals surface area contributed by atoms with E-state index in [1.165, 1.54) is 56.4 Å². The second-order valence-electron chi connectivity index (χ2n) is 5.79. The zero-order valence-corrected chi connectivity index (χ0v) is 11.4. The predicted octanol–water partition coefficient (Wildman–Crippen LogP) is 2.97. The molecule has 2 atom stereocenters. The van der Waals surface area contributed by atoms with E-state index in [9.17, 15) is 0 Å². The summed E-state index contributed by atoms with van der Waals surface area (Å²) in [4.78, 5) is 2.62. The van der Waals surface area contributed by atoms with Crippen molar-refractivity contribution in [3.8, 4) is 0 Å². The lowest BCUT2D eigenvalue weighted by atomic mass is 9.96. The van der Waals surface area contributed by atoms with E-state index in [2.05, 4.69) is 41.4 Å². The molecule has 1 aromatic carbocycles. The van der Waals surface area contributed by atoms with Gasteiger partial charge >= 0.3 is 0 Å². The van der Waals surface area contributed by atoms with Crippen LogP contribution in [0, 0.1) is 0 Å². The minimum atomic E-state index is 0.696. The first-order chi connectivity index (χ1) is 8.84. The average molecular weight is 244 g/mol. The van der Waals surface area contributed by atoms with Crippen molar-refractivity contribution in [1.29, 1.82) is 0 Å². The fourth-order valence-electron chi connectivity index (χ4n) is 3.40. The molecule has 0 amide bonds. The highest BCUT2D eigenvalue weighted by molar-refractivity contribution is 5.56. The van der Waals surface area contributed by atoms with Crippen LogP contribution in [-0.2, 0) is 6.42 Å². The molecule has 3 rings (SSSR count). The first-order valence-electron chi connectivity index (χ1n) is 7.42. The molecule has 0 radical (unpaired) electrons. The molecule has 1 aromatic rings. The van der Waals surface area contributed by atoms with Gasteiger partial charge in [-0.2, -0.15) is 0 Å². The average Bonchev–Trinajstić information content (AvgIpc) is 2.91. The van der Waals surface area contributed by atoms with E-state index in [1.807, 2.05) is 0 Å². The molecular formula is C16H24N2. The van der Waals surface area contributed by atoms with Gasteiger partial charge < -0.3 is 10.2 Å². The summed E-state index contributed by atoms with van der Waals surface area (Å²) in [5.74, 6) is 0. The number of anilines is 1. The molecule has 2 unspecified atom stereocenters. The van der Waals surface area contributed by atoms with Gasteiger partial charge in [-0.1, -0.05) is 18.2 Å². The molecule has 1 N–H and O–H groups in total. The van der Waals surface area contributed by atoms with Crippen LogP contribution in [0.4, 0.5) is 5.69 Å². The van der Waals surface area contributed by atoms with Gasteiger partial charge in [-0.25, -0.2) is 0 Å². The summed E-state index contributed by atoms with van der Waals surface area (Å²) in [5, 5.41) is 3.61. The summed E-state index contributed by atoms with van der Waals surface area (Å²) in [7, 11) is 0. The summed E-state index contributed by atoms with van der Waals surface area (Å²) in [6.07, 6.45) is 6.56. The smallest absolute Gasteiger partial charge is 0.0401 e. The number of hydrogen-bond acceptors (Lipinski definition) is 2. The van der Waals surface area contributed by atoms with E-state index in [-0.39, 0.29) is 0 Å². The van der Waals surface area contributed by atoms with Crippen LogP contribution in [0.25, 0.3) is 0 Å². The second kappa shape index (κ2) is 5.31. The van der Waals surface area contributed by atoms with E-state index in [4.69, 9.17) is 0 Å². The van der Waals surface area contributed by atoms with Crippen molar-refractivity contribution in [2.45, 2.75) is 51.1 Å². The molecule has 2 nitrogen and oxygen atoms in total. The van der Waals surface area contributed by atoms with Crippen molar-refractivity contribution in [1.82, 2.24) is 5.32 Å².